The number of aromatic nitrogens is 1. The van der Waals surface area contributed by atoms with E-state index in [0.29, 0.717) is 16.7 Å². The van der Waals surface area contributed by atoms with Gasteiger partial charge in [-0.15, -0.1) is 0 Å². The predicted octanol–water partition coefficient (Wildman–Crippen LogP) is 3.29. The molecular weight excluding hydrogens is 278 g/mol. The Hall–Kier alpha value is -2.76. The van der Waals surface area contributed by atoms with E-state index in [0.717, 1.165) is 18.2 Å². The summed E-state index contributed by atoms with van der Waals surface area (Å²) < 4.78 is 31.6. The molecule has 1 heterocycles. The van der Waals surface area contributed by atoms with Crippen LogP contribution in [-0.4, -0.2) is 11.1 Å². The normalized spacial score (nSPS) is 10.8. The number of amides is 1. The molecule has 0 saturated carbocycles. The van der Waals surface area contributed by atoms with Crippen molar-refractivity contribution >= 4 is 22.6 Å². The first-order chi connectivity index (χ1) is 10.1. The fourth-order valence-corrected chi connectivity index (χ4v) is 2.01. The molecule has 6 heteroatoms. The number of para-hydroxylation sites is 1. The number of benzene rings is 2. The first kappa shape index (κ1) is 13.2. The van der Waals surface area contributed by atoms with E-state index < -0.39 is 17.5 Å². The van der Waals surface area contributed by atoms with Gasteiger partial charge in [-0.2, -0.15) is 0 Å². The molecule has 0 aliphatic heterocycles. The van der Waals surface area contributed by atoms with Crippen LogP contribution in [0.2, 0.25) is 0 Å². The Kier molecular flexibility index (Phi) is 3.35. The number of halogens is 2. The maximum Gasteiger partial charge on any atom is 0.230 e. The van der Waals surface area contributed by atoms with Crippen molar-refractivity contribution in [2.24, 2.45) is 0 Å². The molecule has 0 spiro atoms. The van der Waals surface area contributed by atoms with Gasteiger partial charge in [0.2, 0.25) is 5.91 Å². The minimum Gasteiger partial charge on any atom is -0.356 e. The minimum atomic E-state index is -0.699. The largest absolute Gasteiger partial charge is 0.356 e. The Morgan fingerprint density at radius 2 is 2.00 bits per heavy atom. The molecule has 0 radical (unpaired) electrons. The van der Waals surface area contributed by atoms with Gasteiger partial charge in [0.05, 0.1) is 12.1 Å². The van der Waals surface area contributed by atoms with E-state index in [9.17, 15) is 13.6 Å². The third-order valence-corrected chi connectivity index (χ3v) is 2.98. The van der Waals surface area contributed by atoms with Crippen molar-refractivity contribution in [1.82, 2.24) is 5.16 Å². The quantitative estimate of drug-likeness (QED) is 0.804. The number of hydrogen-bond donors (Lipinski definition) is 1. The third-order valence-electron chi connectivity index (χ3n) is 2.98. The van der Waals surface area contributed by atoms with E-state index >= 15 is 0 Å². The van der Waals surface area contributed by atoms with E-state index in [4.69, 9.17) is 4.52 Å². The molecule has 0 aliphatic carbocycles. The molecule has 4 nitrogen and oxygen atoms in total. The second kappa shape index (κ2) is 5.32. The molecule has 1 N–H and O–H groups in total. The lowest BCUT2D eigenvalue weighted by Crippen LogP contribution is -2.15. The van der Waals surface area contributed by atoms with Crippen molar-refractivity contribution in [3.05, 3.63) is 59.8 Å². The maximum absolute atomic E-state index is 13.4. The van der Waals surface area contributed by atoms with Gasteiger partial charge in [0.1, 0.15) is 17.3 Å². The highest BCUT2D eigenvalue weighted by atomic mass is 19.1. The molecule has 3 aromatic rings. The summed E-state index contributed by atoms with van der Waals surface area (Å²) in [5.41, 5.74) is 0.810. The fourth-order valence-electron chi connectivity index (χ4n) is 2.01. The molecular formula is C15H10F2N2O2. The van der Waals surface area contributed by atoms with Gasteiger partial charge in [0.25, 0.3) is 0 Å². The van der Waals surface area contributed by atoms with Crippen molar-refractivity contribution in [1.29, 1.82) is 0 Å². The maximum atomic E-state index is 13.4. The number of fused-ring (bicyclic) bond motifs is 1. The van der Waals surface area contributed by atoms with Gasteiger partial charge in [-0.1, -0.05) is 17.3 Å². The molecule has 2 aromatic carbocycles. The van der Waals surface area contributed by atoms with Gasteiger partial charge >= 0.3 is 0 Å². The number of nitrogens with zero attached hydrogens (tertiary/aromatic N) is 1. The molecule has 3 rings (SSSR count). The van der Waals surface area contributed by atoms with Crippen LogP contribution in [0.5, 0.6) is 0 Å². The summed E-state index contributed by atoms with van der Waals surface area (Å²) in [5, 5.41) is 6.85. The number of hydrogen-bond acceptors (Lipinski definition) is 3. The number of carbonyl (C=O) groups excluding carboxylic acids is 1. The van der Waals surface area contributed by atoms with Crippen LogP contribution in [-0.2, 0) is 11.2 Å². The SMILES string of the molecule is O=C(Cc1noc2ccccc12)Nc1cc(F)ccc1F. The van der Waals surface area contributed by atoms with Gasteiger partial charge in [0, 0.05) is 11.5 Å². The number of rotatable bonds is 3. The zero-order valence-corrected chi connectivity index (χ0v) is 10.8. The molecule has 0 unspecified atom stereocenters. The molecule has 0 fully saturated rings. The Bertz CT molecular complexity index is 814. The fraction of sp³-hybridized carbons (Fsp3) is 0.0667. The van der Waals surface area contributed by atoms with Gasteiger partial charge < -0.3 is 9.84 Å². The van der Waals surface area contributed by atoms with E-state index in [1.807, 2.05) is 0 Å². The van der Waals surface area contributed by atoms with Crippen LogP contribution in [0.25, 0.3) is 11.0 Å². The highest BCUT2D eigenvalue weighted by molar-refractivity contribution is 5.94. The smallest absolute Gasteiger partial charge is 0.230 e. The summed E-state index contributed by atoms with van der Waals surface area (Å²) in [4.78, 5) is 11.9. The van der Waals surface area contributed by atoms with Crippen LogP contribution in [0.1, 0.15) is 5.69 Å². The molecule has 0 atom stereocenters. The van der Waals surface area contributed by atoms with Crippen LogP contribution in [0.3, 0.4) is 0 Å². The van der Waals surface area contributed by atoms with Crippen molar-refractivity contribution in [2.45, 2.75) is 6.42 Å². The van der Waals surface area contributed by atoms with Crippen LogP contribution < -0.4 is 5.32 Å². The summed E-state index contributed by atoms with van der Waals surface area (Å²) in [5.74, 6) is -1.83. The van der Waals surface area contributed by atoms with Crippen LogP contribution in [0, 0.1) is 11.6 Å². The van der Waals surface area contributed by atoms with Gasteiger partial charge in [0.15, 0.2) is 5.58 Å². The number of anilines is 1. The molecule has 1 aromatic heterocycles. The lowest BCUT2D eigenvalue weighted by Gasteiger charge is -2.05. The van der Waals surface area contributed by atoms with Crippen LogP contribution in [0.15, 0.2) is 47.0 Å². The Morgan fingerprint density at radius 1 is 1.19 bits per heavy atom. The minimum absolute atomic E-state index is 0.0903. The van der Waals surface area contributed by atoms with Crippen LogP contribution >= 0.6 is 0 Å². The number of carbonyl (C=O) groups is 1. The molecule has 0 bridgehead atoms. The monoisotopic (exact) mass is 288 g/mol. The lowest BCUT2D eigenvalue weighted by molar-refractivity contribution is -0.115. The zero-order chi connectivity index (χ0) is 14.8. The number of nitrogens with one attached hydrogen (secondary N) is 1. The van der Waals surface area contributed by atoms with E-state index in [-0.39, 0.29) is 12.1 Å². The van der Waals surface area contributed by atoms with Gasteiger partial charge in [-0.05, 0) is 24.3 Å². The summed E-state index contributed by atoms with van der Waals surface area (Å²) in [6.07, 6.45) is -0.0903. The average molecular weight is 288 g/mol. The van der Waals surface area contributed by atoms with Crippen molar-refractivity contribution < 1.29 is 18.1 Å². The molecule has 1 amide bonds. The summed E-state index contributed by atoms with van der Waals surface area (Å²) >= 11 is 0. The molecule has 0 saturated heterocycles. The first-order valence-corrected chi connectivity index (χ1v) is 6.21. The van der Waals surface area contributed by atoms with Gasteiger partial charge in [-0.3, -0.25) is 4.79 Å². The Balaban J connectivity index is 1.79. The van der Waals surface area contributed by atoms with Crippen molar-refractivity contribution in [3.63, 3.8) is 0 Å². The zero-order valence-electron chi connectivity index (χ0n) is 10.8. The summed E-state index contributed by atoms with van der Waals surface area (Å²) in [7, 11) is 0. The second-order valence-electron chi connectivity index (χ2n) is 4.47. The standard InChI is InChI=1S/C15H10F2N2O2/c16-9-5-6-11(17)13(7-9)18-15(20)8-12-10-3-1-2-4-14(10)21-19-12/h1-7H,8H2,(H,18,20). The Morgan fingerprint density at radius 3 is 2.86 bits per heavy atom. The molecule has 106 valence electrons. The topological polar surface area (TPSA) is 55.1 Å². The summed E-state index contributed by atoms with van der Waals surface area (Å²) in [6, 6.07) is 9.96. The highest BCUT2D eigenvalue weighted by Gasteiger charge is 2.14. The van der Waals surface area contributed by atoms with E-state index in [2.05, 4.69) is 10.5 Å². The second-order valence-corrected chi connectivity index (χ2v) is 4.47. The molecule has 0 aliphatic rings. The third kappa shape index (κ3) is 2.74. The first-order valence-electron chi connectivity index (χ1n) is 6.21. The van der Waals surface area contributed by atoms with E-state index in [1.165, 1.54) is 0 Å². The summed E-state index contributed by atoms with van der Waals surface area (Å²) in [6.45, 7) is 0. The highest BCUT2D eigenvalue weighted by Crippen LogP contribution is 2.19. The van der Waals surface area contributed by atoms with E-state index in [1.54, 1.807) is 24.3 Å². The van der Waals surface area contributed by atoms with Crippen molar-refractivity contribution in [2.75, 3.05) is 5.32 Å². The average Bonchev–Trinajstić information content (AvgIpc) is 2.86. The van der Waals surface area contributed by atoms with Crippen LogP contribution in [0.4, 0.5) is 14.5 Å². The lowest BCUT2D eigenvalue weighted by atomic mass is 10.1. The molecule has 21 heavy (non-hydrogen) atoms. The Labute approximate surface area is 118 Å². The predicted molar refractivity (Wildman–Crippen MR) is 72.7 cm³/mol. The van der Waals surface area contributed by atoms with Crippen molar-refractivity contribution in [3.8, 4) is 0 Å². The van der Waals surface area contributed by atoms with Gasteiger partial charge in [-0.25, -0.2) is 8.78 Å².